The highest BCUT2D eigenvalue weighted by atomic mass is 35.5. The second-order valence-electron chi connectivity index (χ2n) is 9.67. The van der Waals surface area contributed by atoms with Crippen molar-refractivity contribution in [3.05, 3.63) is 51.2 Å². The summed E-state index contributed by atoms with van der Waals surface area (Å²) in [7, 11) is 0. The number of rotatable bonds is 4. The molecular weight excluding hydrogens is 557 g/mol. The smallest absolute Gasteiger partial charge is 0.352 e. The zero-order chi connectivity index (χ0) is 27.5. The van der Waals surface area contributed by atoms with Crippen LogP contribution in [0.3, 0.4) is 0 Å². The molecule has 38 heavy (non-hydrogen) atoms. The predicted molar refractivity (Wildman–Crippen MR) is 148 cm³/mol. The molecule has 1 aromatic carbocycles. The van der Waals surface area contributed by atoms with E-state index in [1.165, 1.54) is 23.9 Å². The van der Waals surface area contributed by atoms with E-state index in [2.05, 4.69) is 11.6 Å². The lowest BCUT2D eigenvalue weighted by Crippen LogP contribution is -2.58. The first-order valence-corrected chi connectivity index (χ1v) is 14.5. The second kappa shape index (κ2) is 9.91. The van der Waals surface area contributed by atoms with Gasteiger partial charge in [0.1, 0.15) is 5.82 Å². The Bertz CT molecular complexity index is 1490. The number of thioether (sulfide) groups is 1. The van der Waals surface area contributed by atoms with Crippen LogP contribution in [0.5, 0.6) is 0 Å². The number of carbonyl (C=O) groups excluding carboxylic acids is 1. The van der Waals surface area contributed by atoms with Crippen LogP contribution < -0.4 is 10.6 Å². The Morgan fingerprint density at radius 3 is 2.50 bits per heavy atom. The fourth-order valence-corrected chi connectivity index (χ4v) is 8.24. The first kappa shape index (κ1) is 27.1. The molecule has 4 heterocycles. The van der Waals surface area contributed by atoms with Crippen molar-refractivity contribution in [2.75, 3.05) is 23.7 Å². The van der Waals surface area contributed by atoms with Crippen molar-refractivity contribution in [1.29, 1.82) is 0 Å². The molecule has 3 atom stereocenters. The summed E-state index contributed by atoms with van der Waals surface area (Å²) in [5, 5.41) is 2.25. The maximum atomic E-state index is 14.6. The van der Waals surface area contributed by atoms with Gasteiger partial charge in [0, 0.05) is 63.1 Å². The summed E-state index contributed by atoms with van der Waals surface area (Å²) >= 11 is 8.61. The molecule has 6 nitrogen and oxygen atoms in total. The molecule has 5 rings (SSSR count). The topological polar surface area (TPSA) is 58.4 Å². The van der Waals surface area contributed by atoms with Crippen LogP contribution in [0.4, 0.5) is 19.0 Å². The van der Waals surface area contributed by atoms with Gasteiger partial charge in [0.25, 0.3) is 0 Å². The number of nitrogens with zero attached hydrogens (tertiary/aromatic N) is 4. The van der Waals surface area contributed by atoms with Crippen molar-refractivity contribution in [2.24, 2.45) is 0 Å². The standard InChI is InChI=1S/C26H26ClF3N4O2S2/c1-5-16-12-38-23-21(19-7-15(27)11-37-19)18(26(28,29)30)8-17-22(23)34(16)25(36)31-24(17)32-9-13(3)33(14(4)10-32)20(35)6-2/h6-8,11,13-14,16H,2,5,9-10,12H2,1,3-4H3/t13-,14+,16-/m0/s1. The predicted octanol–water partition coefficient (Wildman–Crippen LogP) is 6.47. The van der Waals surface area contributed by atoms with E-state index in [0.29, 0.717) is 45.6 Å². The van der Waals surface area contributed by atoms with E-state index in [4.69, 9.17) is 11.6 Å². The number of piperazine rings is 1. The fraction of sp³-hybridized carbons (Fsp3) is 0.423. The Balaban J connectivity index is 1.81. The van der Waals surface area contributed by atoms with Gasteiger partial charge in [0.15, 0.2) is 0 Å². The number of carbonyl (C=O) groups is 1. The number of amides is 1. The molecule has 1 saturated heterocycles. The SMILES string of the molecule is C=CC(=O)N1[C@H](C)CN(c2nc(=O)n3c4c(c(-c5cc(Cl)cs5)c(C(F)(F)F)cc24)SC[C@@H]3CC)C[C@@H]1C. The zero-order valence-corrected chi connectivity index (χ0v) is 23.4. The Kier molecular flexibility index (Phi) is 7.06. The van der Waals surface area contributed by atoms with Gasteiger partial charge in [-0.15, -0.1) is 23.1 Å². The van der Waals surface area contributed by atoms with Crippen LogP contribution >= 0.6 is 34.7 Å². The zero-order valence-electron chi connectivity index (χ0n) is 21.0. The Morgan fingerprint density at radius 2 is 1.95 bits per heavy atom. The molecule has 1 amide bonds. The number of aromatic nitrogens is 2. The first-order chi connectivity index (χ1) is 18.0. The van der Waals surface area contributed by atoms with Crippen molar-refractivity contribution in [2.45, 2.75) is 56.4 Å². The summed E-state index contributed by atoms with van der Waals surface area (Å²) in [6, 6.07) is 1.96. The van der Waals surface area contributed by atoms with E-state index in [1.54, 1.807) is 14.8 Å². The van der Waals surface area contributed by atoms with Crippen molar-refractivity contribution in [3.8, 4) is 10.4 Å². The summed E-state index contributed by atoms with van der Waals surface area (Å²) < 4.78 is 45.4. The van der Waals surface area contributed by atoms with Gasteiger partial charge in [0.2, 0.25) is 5.91 Å². The van der Waals surface area contributed by atoms with Crippen LogP contribution in [0.25, 0.3) is 21.3 Å². The number of alkyl halides is 3. The molecule has 0 spiro atoms. The molecule has 3 aromatic rings. The maximum Gasteiger partial charge on any atom is 0.417 e. The maximum absolute atomic E-state index is 14.6. The van der Waals surface area contributed by atoms with Crippen molar-refractivity contribution >= 4 is 57.3 Å². The third-order valence-electron chi connectivity index (χ3n) is 7.17. The highest BCUT2D eigenvalue weighted by Crippen LogP contribution is 2.51. The largest absolute Gasteiger partial charge is 0.417 e. The molecule has 0 aliphatic carbocycles. The number of benzene rings is 1. The number of hydrogen-bond donors (Lipinski definition) is 0. The molecule has 202 valence electrons. The van der Waals surface area contributed by atoms with Crippen LogP contribution in [0, 0.1) is 0 Å². The van der Waals surface area contributed by atoms with E-state index in [9.17, 15) is 22.8 Å². The van der Waals surface area contributed by atoms with Gasteiger partial charge in [-0.25, -0.2) is 4.79 Å². The van der Waals surface area contributed by atoms with E-state index in [0.717, 1.165) is 17.4 Å². The van der Waals surface area contributed by atoms with Crippen LogP contribution in [0.2, 0.25) is 5.02 Å². The summed E-state index contributed by atoms with van der Waals surface area (Å²) in [4.78, 5) is 34.6. The lowest BCUT2D eigenvalue weighted by atomic mass is 9.99. The highest BCUT2D eigenvalue weighted by Gasteiger charge is 2.40. The molecule has 0 bridgehead atoms. The average molecular weight is 583 g/mol. The van der Waals surface area contributed by atoms with Gasteiger partial charge in [-0.05, 0) is 38.5 Å². The summed E-state index contributed by atoms with van der Waals surface area (Å²) in [6.07, 6.45) is -2.75. The van der Waals surface area contributed by atoms with Gasteiger partial charge >= 0.3 is 11.9 Å². The second-order valence-corrected chi connectivity index (χ2v) is 12.0. The van der Waals surface area contributed by atoms with Crippen molar-refractivity contribution in [1.82, 2.24) is 14.5 Å². The lowest BCUT2D eigenvalue weighted by Gasteiger charge is -2.45. The van der Waals surface area contributed by atoms with Gasteiger partial charge < -0.3 is 9.80 Å². The Morgan fingerprint density at radius 1 is 1.26 bits per heavy atom. The number of hydrogen-bond acceptors (Lipinski definition) is 6. The molecule has 2 aliphatic heterocycles. The van der Waals surface area contributed by atoms with Gasteiger partial charge in [-0.2, -0.15) is 18.2 Å². The van der Waals surface area contributed by atoms with Gasteiger partial charge in [-0.1, -0.05) is 25.1 Å². The molecule has 12 heteroatoms. The van der Waals surface area contributed by atoms with Crippen LogP contribution in [0.1, 0.15) is 38.8 Å². The number of halogens is 4. The highest BCUT2D eigenvalue weighted by molar-refractivity contribution is 7.99. The summed E-state index contributed by atoms with van der Waals surface area (Å²) in [5.74, 6) is 0.462. The summed E-state index contributed by atoms with van der Waals surface area (Å²) in [5.41, 5.74) is -0.744. The minimum Gasteiger partial charge on any atom is -0.352 e. The molecule has 2 aromatic heterocycles. The molecule has 0 unspecified atom stereocenters. The minimum absolute atomic E-state index is 0.0508. The molecule has 2 aliphatic rings. The molecule has 0 N–H and O–H groups in total. The fourth-order valence-electron chi connectivity index (χ4n) is 5.58. The third kappa shape index (κ3) is 4.42. The van der Waals surface area contributed by atoms with E-state index in [-0.39, 0.29) is 40.8 Å². The molecule has 0 radical (unpaired) electrons. The van der Waals surface area contributed by atoms with Crippen molar-refractivity contribution < 1.29 is 18.0 Å². The Hall–Kier alpha value is -2.50. The quantitative estimate of drug-likeness (QED) is 0.330. The van der Waals surface area contributed by atoms with Crippen molar-refractivity contribution in [3.63, 3.8) is 0 Å². The lowest BCUT2D eigenvalue weighted by molar-refractivity contribution is -0.137. The monoisotopic (exact) mass is 582 g/mol. The summed E-state index contributed by atoms with van der Waals surface area (Å²) in [6.45, 7) is 9.89. The molecular formula is C26H26ClF3N4O2S2. The van der Waals surface area contributed by atoms with Crippen LogP contribution in [0.15, 0.2) is 39.9 Å². The molecule has 1 fully saturated rings. The number of anilines is 1. The first-order valence-electron chi connectivity index (χ1n) is 12.2. The normalized spacial score (nSPS) is 21.7. The van der Waals surface area contributed by atoms with Crippen LogP contribution in [-0.2, 0) is 11.0 Å². The third-order valence-corrected chi connectivity index (χ3v) is 9.70. The minimum atomic E-state index is -4.65. The van der Waals surface area contributed by atoms with E-state index >= 15 is 0 Å². The van der Waals surface area contributed by atoms with Gasteiger partial charge in [-0.3, -0.25) is 9.36 Å². The molecule has 0 saturated carbocycles. The van der Waals surface area contributed by atoms with E-state index < -0.39 is 17.4 Å². The number of thiophene rings is 1. The van der Waals surface area contributed by atoms with Crippen LogP contribution in [-0.4, -0.2) is 51.3 Å². The van der Waals surface area contributed by atoms with E-state index in [1.807, 2.05) is 25.7 Å². The van der Waals surface area contributed by atoms with Gasteiger partial charge in [0.05, 0.1) is 16.1 Å². The average Bonchev–Trinajstić information content (AvgIpc) is 3.29. The Labute approximate surface area is 231 Å².